The molecule has 1 aromatic rings. The Balaban J connectivity index is 2.19. The summed E-state index contributed by atoms with van der Waals surface area (Å²) < 4.78 is 18.9. The van der Waals surface area contributed by atoms with Gasteiger partial charge in [-0.3, -0.25) is 0 Å². The van der Waals surface area contributed by atoms with Crippen molar-refractivity contribution in [2.45, 2.75) is 31.2 Å². The Hall–Kier alpha value is -0.800. The maximum atomic E-state index is 13.8. The van der Waals surface area contributed by atoms with Crippen LogP contribution in [0.1, 0.15) is 24.8 Å². The van der Waals surface area contributed by atoms with Crippen molar-refractivity contribution in [1.29, 1.82) is 0 Å². The summed E-state index contributed by atoms with van der Waals surface area (Å²) >= 11 is 5.75. The monoisotopic (exact) mass is 243 g/mol. The first kappa shape index (κ1) is 11.7. The van der Waals surface area contributed by atoms with Crippen molar-refractivity contribution in [2.75, 3.05) is 7.11 Å². The third kappa shape index (κ3) is 2.30. The molecule has 2 N–H and O–H groups in total. The summed E-state index contributed by atoms with van der Waals surface area (Å²) in [5.41, 5.74) is 6.43. The van der Waals surface area contributed by atoms with Crippen LogP contribution in [0, 0.1) is 5.82 Å². The molecule has 0 heterocycles. The van der Waals surface area contributed by atoms with Gasteiger partial charge in [-0.1, -0.05) is 11.6 Å². The van der Waals surface area contributed by atoms with E-state index in [9.17, 15) is 4.39 Å². The Bertz CT molecular complexity index is 404. The van der Waals surface area contributed by atoms with Crippen molar-refractivity contribution in [2.24, 2.45) is 5.73 Å². The van der Waals surface area contributed by atoms with E-state index in [0.717, 1.165) is 19.3 Å². The topological polar surface area (TPSA) is 35.2 Å². The molecule has 0 unspecified atom stereocenters. The summed E-state index contributed by atoms with van der Waals surface area (Å²) in [5.74, 6) is 0.163. The first-order valence-electron chi connectivity index (χ1n) is 5.35. The van der Waals surface area contributed by atoms with Gasteiger partial charge in [0, 0.05) is 11.1 Å². The van der Waals surface area contributed by atoms with Crippen LogP contribution in [0.2, 0.25) is 5.02 Å². The third-order valence-corrected chi connectivity index (χ3v) is 3.43. The number of nitrogens with two attached hydrogens (primary N) is 1. The summed E-state index contributed by atoms with van der Waals surface area (Å²) in [7, 11) is 1.53. The van der Waals surface area contributed by atoms with Gasteiger partial charge in [0.1, 0.15) is 11.6 Å². The summed E-state index contributed by atoms with van der Waals surface area (Å²) in [4.78, 5) is 0. The Morgan fingerprint density at radius 3 is 2.75 bits per heavy atom. The Morgan fingerprint density at radius 2 is 2.19 bits per heavy atom. The van der Waals surface area contributed by atoms with E-state index in [1.54, 1.807) is 6.07 Å². The molecule has 88 valence electrons. The van der Waals surface area contributed by atoms with Gasteiger partial charge in [0.15, 0.2) is 0 Å². The molecule has 2 rings (SSSR count). The minimum absolute atomic E-state index is 0.0836. The van der Waals surface area contributed by atoms with Gasteiger partial charge in [0.25, 0.3) is 0 Å². The van der Waals surface area contributed by atoms with E-state index in [4.69, 9.17) is 22.1 Å². The molecule has 0 atom stereocenters. The Kier molecular flexibility index (Phi) is 3.08. The molecule has 1 saturated carbocycles. The standard InChI is InChI=1S/C12H15ClFNO/c1-16-10-3-2-9(13)11(14)8(10)4-5-12(15)6-7-12/h2-3H,4-7,15H2,1H3. The maximum Gasteiger partial charge on any atom is 0.148 e. The van der Waals surface area contributed by atoms with E-state index in [0.29, 0.717) is 17.7 Å². The van der Waals surface area contributed by atoms with E-state index in [1.807, 2.05) is 0 Å². The second-order valence-electron chi connectivity index (χ2n) is 4.40. The zero-order chi connectivity index (χ0) is 11.8. The van der Waals surface area contributed by atoms with E-state index in [-0.39, 0.29) is 16.4 Å². The summed E-state index contributed by atoms with van der Waals surface area (Å²) in [6.07, 6.45) is 3.40. The van der Waals surface area contributed by atoms with Gasteiger partial charge >= 0.3 is 0 Å². The second-order valence-corrected chi connectivity index (χ2v) is 4.81. The fraction of sp³-hybridized carbons (Fsp3) is 0.500. The lowest BCUT2D eigenvalue weighted by Gasteiger charge is -2.13. The van der Waals surface area contributed by atoms with Crippen molar-refractivity contribution in [3.05, 3.63) is 28.5 Å². The number of methoxy groups -OCH3 is 1. The minimum Gasteiger partial charge on any atom is -0.496 e. The Morgan fingerprint density at radius 1 is 1.50 bits per heavy atom. The lowest BCUT2D eigenvalue weighted by molar-refractivity contribution is 0.402. The molecule has 1 aliphatic rings. The van der Waals surface area contributed by atoms with Crippen LogP contribution < -0.4 is 10.5 Å². The molecule has 0 radical (unpaired) electrons. The number of hydrogen-bond donors (Lipinski definition) is 1. The second kappa shape index (κ2) is 4.22. The van der Waals surface area contributed by atoms with Gasteiger partial charge in [0.05, 0.1) is 12.1 Å². The van der Waals surface area contributed by atoms with Gasteiger partial charge in [-0.2, -0.15) is 0 Å². The molecule has 16 heavy (non-hydrogen) atoms. The van der Waals surface area contributed by atoms with Crippen LogP contribution in [-0.2, 0) is 6.42 Å². The summed E-state index contributed by atoms with van der Waals surface area (Å²) in [6.45, 7) is 0. The van der Waals surface area contributed by atoms with Crippen LogP contribution in [0.25, 0.3) is 0 Å². The molecule has 1 fully saturated rings. The first-order valence-corrected chi connectivity index (χ1v) is 5.73. The quantitative estimate of drug-likeness (QED) is 0.883. The molecule has 0 aromatic heterocycles. The predicted octanol–water partition coefficient (Wildman–Crippen LogP) is 2.91. The minimum atomic E-state index is -0.384. The SMILES string of the molecule is COc1ccc(Cl)c(F)c1CCC1(N)CC1. The molecular weight excluding hydrogens is 229 g/mol. The average molecular weight is 244 g/mol. The van der Waals surface area contributed by atoms with Crippen LogP contribution in [0.5, 0.6) is 5.75 Å². The van der Waals surface area contributed by atoms with Crippen molar-refractivity contribution >= 4 is 11.6 Å². The molecule has 0 spiro atoms. The van der Waals surface area contributed by atoms with Crippen LogP contribution in [0.3, 0.4) is 0 Å². The van der Waals surface area contributed by atoms with Crippen molar-refractivity contribution in [1.82, 2.24) is 0 Å². The van der Waals surface area contributed by atoms with Crippen LogP contribution in [0.15, 0.2) is 12.1 Å². The smallest absolute Gasteiger partial charge is 0.148 e. The van der Waals surface area contributed by atoms with Crippen molar-refractivity contribution in [3.8, 4) is 5.75 Å². The molecule has 0 aliphatic heterocycles. The fourth-order valence-corrected chi connectivity index (χ4v) is 1.96. The van der Waals surface area contributed by atoms with Crippen LogP contribution >= 0.6 is 11.6 Å². The van der Waals surface area contributed by atoms with Crippen LogP contribution in [0.4, 0.5) is 4.39 Å². The lowest BCUT2D eigenvalue weighted by atomic mass is 10.0. The van der Waals surface area contributed by atoms with Crippen molar-refractivity contribution < 1.29 is 9.13 Å². The first-order chi connectivity index (χ1) is 7.56. The number of benzene rings is 1. The largest absolute Gasteiger partial charge is 0.496 e. The highest BCUT2D eigenvalue weighted by Gasteiger charge is 2.37. The number of ether oxygens (including phenoxy) is 1. The van der Waals surface area contributed by atoms with E-state index < -0.39 is 0 Å². The maximum absolute atomic E-state index is 13.8. The van der Waals surface area contributed by atoms with Crippen LogP contribution in [-0.4, -0.2) is 12.6 Å². The molecular formula is C12H15ClFNO. The highest BCUT2D eigenvalue weighted by atomic mass is 35.5. The summed E-state index contributed by atoms with van der Waals surface area (Å²) in [5, 5.41) is 0.137. The normalized spacial score (nSPS) is 17.2. The number of rotatable bonds is 4. The lowest BCUT2D eigenvalue weighted by Crippen LogP contribution is -2.22. The van der Waals surface area contributed by atoms with Gasteiger partial charge in [-0.15, -0.1) is 0 Å². The number of halogens is 2. The number of hydrogen-bond acceptors (Lipinski definition) is 2. The zero-order valence-electron chi connectivity index (χ0n) is 9.22. The highest BCUT2D eigenvalue weighted by Crippen LogP contribution is 2.38. The van der Waals surface area contributed by atoms with Gasteiger partial charge in [-0.25, -0.2) is 4.39 Å². The third-order valence-electron chi connectivity index (χ3n) is 3.14. The molecule has 0 amide bonds. The van der Waals surface area contributed by atoms with E-state index >= 15 is 0 Å². The van der Waals surface area contributed by atoms with Gasteiger partial charge in [-0.05, 0) is 37.8 Å². The van der Waals surface area contributed by atoms with Crippen molar-refractivity contribution in [3.63, 3.8) is 0 Å². The molecule has 0 bridgehead atoms. The van der Waals surface area contributed by atoms with Gasteiger partial charge in [0.2, 0.25) is 0 Å². The zero-order valence-corrected chi connectivity index (χ0v) is 9.98. The average Bonchev–Trinajstić information content (AvgIpc) is 2.99. The molecule has 1 aromatic carbocycles. The predicted molar refractivity (Wildman–Crippen MR) is 62.4 cm³/mol. The summed E-state index contributed by atoms with van der Waals surface area (Å²) in [6, 6.07) is 3.20. The fourth-order valence-electron chi connectivity index (χ4n) is 1.78. The molecule has 0 saturated heterocycles. The van der Waals surface area contributed by atoms with E-state index in [1.165, 1.54) is 13.2 Å². The molecule has 2 nitrogen and oxygen atoms in total. The van der Waals surface area contributed by atoms with Gasteiger partial charge < -0.3 is 10.5 Å². The Labute approximate surface area is 99.5 Å². The highest BCUT2D eigenvalue weighted by molar-refractivity contribution is 6.30. The molecule has 1 aliphatic carbocycles. The van der Waals surface area contributed by atoms with E-state index in [2.05, 4.69) is 0 Å². The molecule has 4 heteroatoms.